The normalized spacial score (nSPS) is 19.9. The number of alkyl halides is 1. The summed E-state index contributed by atoms with van der Waals surface area (Å²) >= 11 is 12.1. The third-order valence-corrected chi connectivity index (χ3v) is 4.04. The minimum atomic E-state index is 0.557. The smallest absolute Gasteiger partial charge is 0.0494 e. The van der Waals surface area contributed by atoms with E-state index in [9.17, 15) is 0 Å². The van der Waals surface area contributed by atoms with Crippen LogP contribution in [0.15, 0.2) is 18.2 Å². The molecule has 1 fully saturated rings. The number of benzene rings is 1. The van der Waals surface area contributed by atoms with E-state index in [0.717, 1.165) is 24.0 Å². The van der Waals surface area contributed by atoms with E-state index >= 15 is 0 Å². The Bertz CT molecular complexity index is 378. The fourth-order valence-corrected chi connectivity index (χ4v) is 3.03. The van der Waals surface area contributed by atoms with Gasteiger partial charge in [-0.05, 0) is 36.5 Å². The number of nitrogens with zero attached hydrogens (tertiary/aromatic N) is 1. The Balaban J connectivity index is 2.14. The van der Waals surface area contributed by atoms with Crippen molar-refractivity contribution in [3.8, 4) is 0 Å². The molecule has 0 bridgehead atoms. The maximum absolute atomic E-state index is 6.08. The monoisotopic (exact) mass is 271 g/mol. The van der Waals surface area contributed by atoms with E-state index in [0.29, 0.717) is 5.88 Å². The van der Waals surface area contributed by atoms with Gasteiger partial charge in [-0.25, -0.2) is 0 Å². The molecule has 17 heavy (non-hydrogen) atoms. The second-order valence-corrected chi connectivity index (χ2v) is 5.50. The lowest BCUT2D eigenvalue weighted by Crippen LogP contribution is -2.20. The van der Waals surface area contributed by atoms with Crippen LogP contribution in [-0.2, 0) is 5.88 Å². The molecular weight excluding hydrogens is 253 g/mol. The Morgan fingerprint density at radius 1 is 1.41 bits per heavy atom. The van der Waals surface area contributed by atoms with E-state index in [4.69, 9.17) is 23.2 Å². The summed E-state index contributed by atoms with van der Waals surface area (Å²) in [6.45, 7) is 4.54. The number of hydrogen-bond acceptors (Lipinski definition) is 1. The third kappa shape index (κ3) is 3.08. The molecule has 0 amide bonds. The predicted molar refractivity (Wildman–Crippen MR) is 76.2 cm³/mol. The third-order valence-electron chi connectivity index (χ3n) is 3.51. The topological polar surface area (TPSA) is 3.24 Å². The Kier molecular flexibility index (Phi) is 4.58. The molecule has 3 heteroatoms. The molecule has 0 N–H and O–H groups in total. The maximum Gasteiger partial charge on any atom is 0.0494 e. The molecule has 1 saturated heterocycles. The summed E-state index contributed by atoms with van der Waals surface area (Å²) in [5.41, 5.74) is 2.42. The van der Waals surface area contributed by atoms with E-state index in [1.165, 1.54) is 30.5 Å². The Labute approximate surface area is 114 Å². The number of rotatable bonds is 4. The van der Waals surface area contributed by atoms with Gasteiger partial charge in [0.05, 0.1) is 0 Å². The summed E-state index contributed by atoms with van der Waals surface area (Å²) in [6, 6.07) is 6.01. The summed E-state index contributed by atoms with van der Waals surface area (Å²) < 4.78 is 0. The Hall–Kier alpha value is -0.400. The fourth-order valence-electron chi connectivity index (χ4n) is 2.64. The summed E-state index contributed by atoms with van der Waals surface area (Å²) in [5, 5.41) is 0.799. The Morgan fingerprint density at radius 3 is 2.94 bits per heavy atom. The summed E-state index contributed by atoms with van der Waals surface area (Å²) in [6.07, 6.45) is 3.89. The Morgan fingerprint density at radius 2 is 2.24 bits per heavy atom. The summed E-state index contributed by atoms with van der Waals surface area (Å²) in [4.78, 5) is 2.43. The van der Waals surface area contributed by atoms with E-state index < -0.39 is 0 Å². The van der Waals surface area contributed by atoms with Crippen molar-refractivity contribution in [1.82, 2.24) is 0 Å². The molecule has 1 aliphatic rings. The van der Waals surface area contributed by atoms with Crippen molar-refractivity contribution >= 4 is 28.9 Å². The van der Waals surface area contributed by atoms with Gasteiger partial charge in [-0.1, -0.05) is 31.0 Å². The minimum absolute atomic E-state index is 0.557. The van der Waals surface area contributed by atoms with Gasteiger partial charge in [0.1, 0.15) is 0 Å². The second kappa shape index (κ2) is 5.97. The SMILES string of the molecule is CCCC1CCN(c2cc(Cl)ccc2CCl)C1. The first kappa shape index (κ1) is 13.0. The fraction of sp³-hybridized carbons (Fsp3) is 0.571. The van der Waals surface area contributed by atoms with Crippen LogP contribution in [-0.4, -0.2) is 13.1 Å². The highest BCUT2D eigenvalue weighted by Gasteiger charge is 2.23. The molecule has 0 saturated carbocycles. The van der Waals surface area contributed by atoms with Gasteiger partial charge in [0.2, 0.25) is 0 Å². The van der Waals surface area contributed by atoms with E-state index in [-0.39, 0.29) is 0 Å². The van der Waals surface area contributed by atoms with Crippen molar-refractivity contribution in [3.63, 3.8) is 0 Å². The van der Waals surface area contributed by atoms with Gasteiger partial charge >= 0.3 is 0 Å². The van der Waals surface area contributed by atoms with Crippen LogP contribution in [0.1, 0.15) is 31.7 Å². The molecule has 0 aliphatic carbocycles. The van der Waals surface area contributed by atoms with Crippen molar-refractivity contribution in [2.75, 3.05) is 18.0 Å². The van der Waals surface area contributed by atoms with Crippen molar-refractivity contribution in [3.05, 3.63) is 28.8 Å². The van der Waals surface area contributed by atoms with Crippen molar-refractivity contribution in [2.45, 2.75) is 32.1 Å². The maximum atomic E-state index is 6.08. The van der Waals surface area contributed by atoms with Gasteiger partial charge in [-0.2, -0.15) is 0 Å². The number of anilines is 1. The molecule has 0 spiro atoms. The van der Waals surface area contributed by atoms with Crippen LogP contribution in [0.5, 0.6) is 0 Å². The molecule has 1 aromatic rings. The first-order valence-electron chi connectivity index (χ1n) is 6.34. The standard InChI is InChI=1S/C14H19Cl2N/c1-2-3-11-6-7-17(10-11)14-8-13(16)5-4-12(14)9-15/h4-5,8,11H,2-3,6-7,9-10H2,1H3. The van der Waals surface area contributed by atoms with E-state index in [1.54, 1.807) is 0 Å². The molecule has 1 nitrogen and oxygen atoms in total. The number of hydrogen-bond donors (Lipinski definition) is 0. The van der Waals surface area contributed by atoms with Crippen LogP contribution in [0.2, 0.25) is 5.02 Å². The molecule has 1 unspecified atom stereocenters. The molecule has 0 aromatic heterocycles. The van der Waals surface area contributed by atoms with Crippen LogP contribution in [0, 0.1) is 5.92 Å². The molecule has 1 aromatic carbocycles. The zero-order chi connectivity index (χ0) is 12.3. The minimum Gasteiger partial charge on any atom is -0.371 e. The van der Waals surface area contributed by atoms with Crippen LogP contribution < -0.4 is 4.90 Å². The first-order chi connectivity index (χ1) is 8.24. The highest BCUT2D eigenvalue weighted by molar-refractivity contribution is 6.31. The molecule has 0 radical (unpaired) electrons. The van der Waals surface area contributed by atoms with Crippen LogP contribution in [0.4, 0.5) is 5.69 Å². The van der Waals surface area contributed by atoms with Crippen molar-refractivity contribution in [2.24, 2.45) is 5.92 Å². The lowest BCUT2D eigenvalue weighted by atomic mass is 10.0. The van der Waals surface area contributed by atoms with Gasteiger partial charge in [-0.3, -0.25) is 0 Å². The molecule has 1 heterocycles. The van der Waals surface area contributed by atoms with Gasteiger partial charge in [0.15, 0.2) is 0 Å². The van der Waals surface area contributed by atoms with Crippen molar-refractivity contribution < 1.29 is 0 Å². The molecule has 1 aliphatic heterocycles. The van der Waals surface area contributed by atoms with Gasteiger partial charge in [0, 0.05) is 29.7 Å². The zero-order valence-electron chi connectivity index (χ0n) is 10.3. The van der Waals surface area contributed by atoms with Crippen LogP contribution in [0.25, 0.3) is 0 Å². The molecule has 2 rings (SSSR count). The lowest BCUT2D eigenvalue weighted by Gasteiger charge is -2.21. The van der Waals surface area contributed by atoms with Crippen LogP contribution >= 0.6 is 23.2 Å². The largest absolute Gasteiger partial charge is 0.371 e. The number of halogens is 2. The average Bonchev–Trinajstić information content (AvgIpc) is 2.78. The predicted octanol–water partition coefficient (Wildman–Crippen LogP) is 4.71. The lowest BCUT2D eigenvalue weighted by molar-refractivity contribution is 0.530. The van der Waals surface area contributed by atoms with Crippen molar-refractivity contribution in [1.29, 1.82) is 0 Å². The van der Waals surface area contributed by atoms with E-state index in [1.807, 2.05) is 18.2 Å². The van der Waals surface area contributed by atoms with Gasteiger partial charge in [-0.15, -0.1) is 11.6 Å². The quantitative estimate of drug-likeness (QED) is 0.718. The first-order valence-corrected chi connectivity index (χ1v) is 7.25. The van der Waals surface area contributed by atoms with Gasteiger partial charge in [0.25, 0.3) is 0 Å². The average molecular weight is 272 g/mol. The highest BCUT2D eigenvalue weighted by atomic mass is 35.5. The summed E-state index contributed by atoms with van der Waals surface area (Å²) in [5.74, 6) is 1.39. The zero-order valence-corrected chi connectivity index (χ0v) is 11.8. The van der Waals surface area contributed by atoms with Gasteiger partial charge < -0.3 is 4.90 Å². The van der Waals surface area contributed by atoms with Crippen LogP contribution in [0.3, 0.4) is 0 Å². The molecule has 1 atom stereocenters. The van der Waals surface area contributed by atoms with E-state index in [2.05, 4.69) is 11.8 Å². The molecule has 94 valence electrons. The highest BCUT2D eigenvalue weighted by Crippen LogP contribution is 2.31. The molecular formula is C14H19Cl2N. The second-order valence-electron chi connectivity index (χ2n) is 4.80. The summed E-state index contributed by atoms with van der Waals surface area (Å²) in [7, 11) is 0.